The highest BCUT2D eigenvalue weighted by molar-refractivity contribution is 9.10. The molecule has 1 aromatic carbocycles. The van der Waals surface area contributed by atoms with E-state index in [-0.39, 0.29) is 0 Å². The first kappa shape index (κ1) is 15.5. The van der Waals surface area contributed by atoms with Crippen molar-refractivity contribution >= 4 is 15.9 Å². The van der Waals surface area contributed by atoms with Gasteiger partial charge in [-0.15, -0.1) is 0 Å². The van der Waals surface area contributed by atoms with Gasteiger partial charge in [-0.3, -0.25) is 0 Å². The van der Waals surface area contributed by atoms with Crippen LogP contribution in [0.1, 0.15) is 25.0 Å². The number of nitrogens with two attached hydrogens (primary N) is 1. The monoisotopic (exact) mass is 325 g/mol. The van der Waals surface area contributed by atoms with E-state index < -0.39 is 24.9 Å². The van der Waals surface area contributed by atoms with Crippen LogP contribution in [0.5, 0.6) is 0 Å². The molecule has 102 valence electrons. The molecular weight excluding hydrogens is 311 g/mol. The highest BCUT2D eigenvalue weighted by atomic mass is 79.9. The zero-order valence-electron chi connectivity index (χ0n) is 9.88. The second-order valence-corrected chi connectivity index (χ2v) is 4.89. The summed E-state index contributed by atoms with van der Waals surface area (Å²) in [5.41, 5.74) is 6.46. The van der Waals surface area contributed by atoms with Gasteiger partial charge in [0, 0.05) is 10.5 Å². The molecule has 0 heterocycles. The molecule has 0 amide bonds. The molecule has 0 aliphatic rings. The minimum absolute atomic E-state index is 0.464. The number of hydrogen-bond donors (Lipinski definition) is 1. The Morgan fingerprint density at radius 2 is 1.83 bits per heavy atom. The van der Waals surface area contributed by atoms with Crippen molar-refractivity contribution in [2.45, 2.75) is 31.7 Å². The van der Waals surface area contributed by atoms with Crippen molar-refractivity contribution in [2.24, 2.45) is 5.73 Å². The summed E-state index contributed by atoms with van der Waals surface area (Å²) in [6.45, 7) is 0.523. The first-order chi connectivity index (χ1) is 8.33. The van der Waals surface area contributed by atoms with Crippen molar-refractivity contribution in [3.05, 3.63) is 34.3 Å². The molecule has 0 radical (unpaired) electrons. The largest absolute Gasteiger partial charge is 0.411 e. The molecule has 2 N–H and O–H groups in total. The summed E-state index contributed by atoms with van der Waals surface area (Å²) >= 11 is 3.27. The van der Waals surface area contributed by atoms with Crippen LogP contribution in [0.4, 0.5) is 13.2 Å². The third-order valence-electron chi connectivity index (χ3n) is 2.49. The van der Waals surface area contributed by atoms with Crippen molar-refractivity contribution in [3.8, 4) is 0 Å². The van der Waals surface area contributed by atoms with Crippen LogP contribution >= 0.6 is 15.9 Å². The summed E-state index contributed by atoms with van der Waals surface area (Å²) in [7, 11) is 0. The van der Waals surface area contributed by atoms with Crippen LogP contribution in [0.2, 0.25) is 0 Å². The van der Waals surface area contributed by atoms with Crippen molar-refractivity contribution < 1.29 is 17.9 Å². The van der Waals surface area contributed by atoms with Crippen LogP contribution in [0.3, 0.4) is 0 Å². The van der Waals surface area contributed by atoms with Crippen LogP contribution in [0, 0.1) is 0 Å². The zero-order valence-corrected chi connectivity index (χ0v) is 11.5. The van der Waals surface area contributed by atoms with E-state index in [0.29, 0.717) is 12.0 Å². The van der Waals surface area contributed by atoms with E-state index >= 15 is 0 Å². The van der Waals surface area contributed by atoms with Gasteiger partial charge in [-0.1, -0.05) is 35.0 Å². The lowest BCUT2D eigenvalue weighted by atomic mass is 10.0. The molecule has 0 saturated heterocycles. The Morgan fingerprint density at radius 3 is 2.28 bits per heavy atom. The maximum Gasteiger partial charge on any atom is 0.411 e. The number of hydrogen-bond acceptors (Lipinski definition) is 2. The summed E-state index contributed by atoms with van der Waals surface area (Å²) in [5, 5.41) is 0. The van der Waals surface area contributed by atoms with Crippen molar-refractivity contribution in [1.29, 1.82) is 0 Å². The number of ether oxygens (including phenoxy) is 1. The van der Waals surface area contributed by atoms with Gasteiger partial charge in [0.05, 0.1) is 6.10 Å². The third kappa shape index (κ3) is 4.96. The summed E-state index contributed by atoms with van der Waals surface area (Å²) < 4.78 is 42.3. The summed E-state index contributed by atoms with van der Waals surface area (Å²) in [6.07, 6.45) is -4.55. The van der Waals surface area contributed by atoms with E-state index in [1.807, 2.05) is 6.92 Å². The van der Waals surface area contributed by atoms with Gasteiger partial charge in [0.25, 0.3) is 0 Å². The minimum Gasteiger partial charge on any atom is -0.362 e. The van der Waals surface area contributed by atoms with E-state index in [4.69, 9.17) is 10.5 Å². The molecule has 1 rings (SSSR count). The predicted octanol–water partition coefficient (Wildman–Crippen LogP) is 3.81. The maximum atomic E-state index is 12.2. The van der Waals surface area contributed by atoms with E-state index in [1.54, 1.807) is 24.3 Å². The van der Waals surface area contributed by atoms with Crippen molar-refractivity contribution in [2.75, 3.05) is 6.61 Å². The molecule has 0 bridgehead atoms. The van der Waals surface area contributed by atoms with Crippen LogP contribution < -0.4 is 5.73 Å². The van der Waals surface area contributed by atoms with Gasteiger partial charge in [0.1, 0.15) is 6.61 Å². The van der Waals surface area contributed by atoms with E-state index in [2.05, 4.69) is 15.9 Å². The Bertz CT molecular complexity index is 367. The fraction of sp³-hybridized carbons (Fsp3) is 0.500. The maximum absolute atomic E-state index is 12.2. The smallest absolute Gasteiger partial charge is 0.362 e. The minimum atomic E-state index is -4.35. The molecule has 0 aromatic heterocycles. The molecule has 0 aliphatic carbocycles. The Kier molecular flexibility index (Phi) is 5.62. The highest BCUT2D eigenvalue weighted by Gasteiger charge is 2.31. The van der Waals surface area contributed by atoms with Crippen LogP contribution in [0.25, 0.3) is 0 Å². The molecule has 2 unspecified atom stereocenters. The van der Waals surface area contributed by atoms with E-state index in [9.17, 15) is 13.2 Å². The molecule has 18 heavy (non-hydrogen) atoms. The Hall–Kier alpha value is -0.590. The SMILES string of the molecule is CCC(N)C(OCC(F)(F)F)c1ccc(Br)cc1. The van der Waals surface area contributed by atoms with Gasteiger partial charge >= 0.3 is 6.18 Å². The normalized spacial score (nSPS) is 15.4. The summed E-state index contributed by atoms with van der Waals surface area (Å²) in [6, 6.07) is 6.46. The second-order valence-electron chi connectivity index (χ2n) is 3.97. The van der Waals surface area contributed by atoms with Crippen LogP contribution in [-0.2, 0) is 4.74 Å². The standard InChI is InChI=1S/C12H15BrF3NO/c1-2-10(17)11(18-7-12(14,15)16)8-3-5-9(13)6-4-8/h3-6,10-11H,2,7,17H2,1H3. The molecular formula is C12H15BrF3NO. The molecule has 2 nitrogen and oxygen atoms in total. The average Bonchev–Trinajstić information content (AvgIpc) is 2.29. The zero-order chi connectivity index (χ0) is 13.8. The fourth-order valence-electron chi connectivity index (χ4n) is 1.52. The molecule has 1 aromatic rings. The summed E-state index contributed by atoms with van der Waals surface area (Å²) in [5.74, 6) is 0. The van der Waals surface area contributed by atoms with Gasteiger partial charge in [-0.2, -0.15) is 13.2 Å². The quantitative estimate of drug-likeness (QED) is 0.893. The number of rotatable bonds is 5. The first-order valence-electron chi connectivity index (χ1n) is 5.53. The predicted molar refractivity (Wildman–Crippen MR) is 67.2 cm³/mol. The number of halogens is 4. The highest BCUT2D eigenvalue weighted by Crippen LogP contribution is 2.26. The van der Waals surface area contributed by atoms with Crippen molar-refractivity contribution in [3.63, 3.8) is 0 Å². The summed E-state index contributed by atoms with van der Waals surface area (Å²) in [4.78, 5) is 0. The number of alkyl halides is 3. The lowest BCUT2D eigenvalue weighted by Gasteiger charge is -2.24. The topological polar surface area (TPSA) is 35.2 Å². The molecule has 0 spiro atoms. The van der Waals surface area contributed by atoms with Gasteiger partial charge in [0.2, 0.25) is 0 Å². The number of benzene rings is 1. The second kappa shape index (κ2) is 6.54. The van der Waals surface area contributed by atoms with Crippen molar-refractivity contribution in [1.82, 2.24) is 0 Å². The molecule has 6 heteroatoms. The Labute approximate surface area is 112 Å². The lowest BCUT2D eigenvalue weighted by Crippen LogP contribution is -2.32. The van der Waals surface area contributed by atoms with Gasteiger partial charge < -0.3 is 10.5 Å². The molecule has 2 atom stereocenters. The van der Waals surface area contributed by atoms with Gasteiger partial charge in [-0.25, -0.2) is 0 Å². The van der Waals surface area contributed by atoms with E-state index in [1.165, 1.54) is 0 Å². The third-order valence-corrected chi connectivity index (χ3v) is 3.01. The Balaban J connectivity index is 2.81. The lowest BCUT2D eigenvalue weighted by molar-refractivity contribution is -0.188. The van der Waals surface area contributed by atoms with Gasteiger partial charge in [-0.05, 0) is 24.1 Å². The molecule has 0 aliphatic heterocycles. The van der Waals surface area contributed by atoms with Gasteiger partial charge in [0.15, 0.2) is 0 Å². The van der Waals surface area contributed by atoms with Crippen LogP contribution in [0.15, 0.2) is 28.7 Å². The molecule has 0 fully saturated rings. The average molecular weight is 326 g/mol. The van der Waals surface area contributed by atoms with E-state index in [0.717, 1.165) is 4.47 Å². The Morgan fingerprint density at radius 1 is 1.28 bits per heavy atom. The molecule has 0 saturated carbocycles. The van der Waals surface area contributed by atoms with Crippen LogP contribution in [-0.4, -0.2) is 18.8 Å². The first-order valence-corrected chi connectivity index (χ1v) is 6.32. The fourth-order valence-corrected chi connectivity index (χ4v) is 1.78.